The Hall–Kier alpha value is -4.53. The van der Waals surface area contributed by atoms with E-state index in [1.54, 1.807) is 42.5 Å². The first-order chi connectivity index (χ1) is 16.9. The lowest BCUT2D eigenvalue weighted by molar-refractivity contribution is -0.124. The molecule has 0 unspecified atom stereocenters. The lowest BCUT2D eigenvalue weighted by atomic mass is 10.1. The van der Waals surface area contributed by atoms with Gasteiger partial charge in [0.25, 0.3) is 5.91 Å². The first-order valence-corrected chi connectivity index (χ1v) is 10.8. The Balaban J connectivity index is 1.55. The Labute approximate surface area is 200 Å². The number of methoxy groups -OCH3 is 1. The van der Waals surface area contributed by atoms with Gasteiger partial charge in [0, 0.05) is 12.2 Å². The highest BCUT2D eigenvalue weighted by molar-refractivity contribution is 6.22. The van der Waals surface area contributed by atoms with Crippen LogP contribution in [0.4, 0.5) is 20.6 Å². The number of anilines is 2. The Morgan fingerprint density at radius 2 is 1.60 bits per heavy atom. The molecule has 1 N–H and O–H groups in total. The third-order valence-electron chi connectivity index (χ3n) is 5.57. The number of hydrogen-bond acceptors (Lipinski definition) is 5. The number of halogens is 1. The zero-order chi connectivity index (χ0) is 24.9. The maximum Gasteiger partial charge on any atom is 0.337 e. The van der Waals surface area contributed by atoms with Crippen LogP contribution in [0.2, 0.25) is 0 Å². The van der Waals surface area contributed by atoms with Crippen molar-refractivity contribution in [2.45, 2.75) is 19.0 Å². The fourth-order valence-electron chi connectivity index (χ4n) is 3.81. The zero-order valence-electron chi connectivity index (χ0n) is 18.8. The minimum atomic E-state index is -1.05. The minimum absolute atomic E-state index is 0.0277. The number of imide groups is 1. The van der Waals surface area contributed by atoms with Crippen molar-refractivity contribution >= 4 is 35.2 Å². The number of ether oxygens (including phenoxy) is 1. The SMILES string of the molecule is COC(=O)c1ccc(NC(=O)C[C@@H]2C(=O)N(c3ccccc3)C(=O)N2Cc2ccc(F)cc2)cc1. The molecule has 1 heterocycles. The van der Waals surface area contributed by atoms with E-state index in [-0.39, 0.29) is 13.0 Å². The molecule has 1 atom stereocenters. The molecule has 1 aliphatic heterocycles. The second kappa shape index (κ2) is 10.2. The summed E-state index contributed by atoms with van der Waals surface area (Å²) in [7, 11) is 1.27. The van der Waals surface area contributed by atoms with Crippen LogP contribution >= 0.6 is 0 Å². The van der Waals surface area contributed by atoms with Crippen LogP contribution in [-0.2, 0) is 20.9 Å². The fourth-order valence-corrected chi connectivity index (χ4v) is 3.81. The summed E-state index contributed by atoms with van der Waals surface area (Å²) < 4.78 is 18.0. The molecule has 3 aromatic carbocycles. The maximum atomic E-state index is 13.3. The number of carbonyl (C=O) groups is 4. The molecule has 0 radical (unpaired) electrons. The van der Waals surface area contributed by atoms with Crippen LogP contribution in [0.25, 0.3) is 0 Å². The molecule has 0 saturated carbocycles. The number of urea groups is 1. The van der Waals surface area contributed by atoms with Crippen LogP contribution in [0.15, 0.2) is 78.9 Å². The van der Waals surface area contributed by atoms with Crippen LogP contribution in [0, 0.1) is 5.82 Å². The largest absolute Gasteiger partial charge is 0.465 e. The van der Waals surface area contributed by atoms with E-state index in [4.69, 9.17) is 0 Å². The summed E-state index contributed by atoms with van der Waals surface area (Å²) in [6.45, 7) is 0.0277. The van der Waals surface area contributed by atoms with Crippen molar-refractivity contribution in [2.24, 2.45) is 0 Å². The molecule has 4 amide bonds. The van der Waals surface area contributed by atoms with Crippen LogP contribution in [-0.4, -0.2) is 41.9 Å². The fraction of sp³-hybridized carbons (Fsp3) is 0.154. The van der Waals surface area contributed by atoms with Gasteiger partial charge in [0.1, 0.15) is 11.9 Å². The molecule has 1 saturated heterocycles. The number of hydrogen-bond donors (Lipinski definition) is 1. The smallest absolute Gasteiger partial charge is 0.337 e. The van der Waals surface area contributed by atoms with Crippen molar-refractivity contribution in [3.63, 3.8) is 0 Å². The summed E-state index contributed by atoms with van der Waals surface area (Å²) >= 11 is 0. The number of carbonyl (C=O) groups excluding carboxylic acids is 4. The third-order valence-corrected chi connectivity index (χ3v) is 5.57. The summed E-state index contributed by atoms with van der Waals surface area (Å²) in [5.41, 5.74) is 1.76. The first-order valence-electron chi connectivity index (χ1n) is 10.8. The number of amides is 4. The standard InChI is InChI=1S/C26H22FN3O5/c1-35-25(33)18-9-13-20(14-10-18)28-23(31)15-22-24(32)30(21-5-3-2-4-6-21)26(34)29(22)16-17-7-11-19(27)12-8-17/h2-14,22H,15-16H2,1H3,(H,28,31)/t22-/m1/s1. The van der Waals surface area contributed by atoms with E-state index in [0.29, 0.717) is 22.5 Å². The molecule has 4 rings (SSSR count). The summed E-state index contributed by atoms with van der Waals surface area (Å²) in [6, 6.07) is 18.5. The molecule has 8 nitrogen and oxygen atoms in total. The van der Waals surface area contributed by atoms with E-state index >= 15 is 0 Å². The molecular formula is C26H22FN3O5. The van der Waals surface area contributed by atoms with Gasteiger partial charge in [-0.25, -0.2) is 18.9 Å². The summed E-state index contributed by atoms with van der Waals surface area (Å²) in [4.78, 5) is 53.3. The van der Waals surface area contributed by atoms with Crippen molar-refractivity contribution in [1.29, 1.82) is 0 Å². The van der Waals surface area contributed by atoms with Gasteiger partial charge < -0.3 is 15.0 Å². The van der Waals surface area contributed by atoms with Gasteiger partial charge in [0.05, 0.1) is 24.8 Å². The number of benzene rings is 3. The van der Waals surface area contributed by atoms with E-state index in [2.05, 4.69) is 10.1 Å². The van der Waals surface area contributed by atoms with Crippen LogP contribution in [0.1, 0.15) is 22.3 Å². The predicted octanol–water partition coefficient (Wildman–Crippen LogP) is 3.98. The van der Waals surface area contributed by atoms with E-state index in [1.165, 1.54) is 48.4 Å². The number of para-hydroxylation sites is 1. The van der Waals surface area contributed by atoms with Crippen LogP contribution in [0.5, 0.6) is 0 Å². The van der Waals surface area contributed by atoms with E-state index < -0.39 is 35.7 Å². The number of esters is 1. The van der Waals surface area contributed by atoms with Gasteiger partial charge in [-0.3, -0.25) is 9.59 Å². The lowest BCUT2D eigenvalue weighted by Gasteiger charge is -2.21. The summed E-state index contributed by atoms with van der Waals surface area (Å²) in [5, 5.41) is 2.69. The number of rotatable bonds is 7. The Morgan fingerprint density at radius 3 is 2.23 bits per heavy atom. The number of nitrogens with zero attached hydrogens (tertiary/aromatic N) is 2. The highest BCUT2D eigenvalue weighted by Crippen LogP contribution is 2.28. The third kappa shape index (κ3) is 5.19. The molecule has 0 bridgehead atoms. The van der Waals surface area contributed by atoms with Gasteiger partial charge >= 0.3 is 12.0 Å². The van der Waals surface area contributed by atoms with Gasteiger partial charge in [-0.15, -0.1) is 0 Å². The average Bonchev–Trinajstić information content (AvgIpc) is 3.09. The highest BCUT2D eigenvalue weighted by atomic mass is 19.1. The second-order valence-corrected chi connectivity index (χ2v) is 7.88. The molecule has 3 aromatic rings. The van der Waals surface area contributed by atoms with Gasteiger partial charge in [-0.05, 0) is 54.1 Å². The highest BCUT2D eigenvalue weighted by Gasteiger charge is 2.46. The number of nitrogens with one attached hydrogen (secondary N) is 1. The van der Waals surface area contributed by atoms with Gasteiger partial charge in [0.15, 0.2) is 0 Å². The topological polar surface area (TPSA) is 96.0 Å². The normalized spacial score (nSPS) is 15.3. The quantitative estimate of drug-likeness (QED) is 0.412. The van der Waals surface area contributed by atoms with Crippen molar-refractivity contribution in [3.05, 3.63) is 95.8 Å². The molecule has 0 aliphatic carbocycles. The Morgan fingerprint density at radius 1 is 0.943 bits per heavy atom. The van der Waals surface area contributed by atoms with E-state index in [0.717, 1.165) is 4.90 Å². The van der Waals surface area contributed by atoms with Crippen LogP contribution in [0.3, 0.4) is 0 Å². The Kier molecular flexibility index (Phi) is 6.86. The summed E-state index contributed by atoms with van der Waals surface area (Å²) in [6.07, 6.45) is -0.284. The molecule has 1 fully saturated rings. The molecule has 0 aromatic heterocycles. The molecule has 0 spiro atoms. The summed E-state index contributed by atoms with van der Waals surface area (Å²) in [5.74, 6) is -1.94. The van der Waals surface area contributed by atoms with Crippen molar-refractivity contribution in [3.8, 4) is 0 Å². The first kappa shape index (κ1) is 23.6. The Bertz CT molecular complexity index is 1250. The lowest BCUT2D eigenvalue weighted by Crippen LogP contribution is -2.37. The molecule has 1 aliphatic rings. The molecule has 35 heavy (non-hydrogen) atoms. The van der Waals surface area contributed by atoms with Gasteiger partial charge in [0.2, 0.25) is 5.91 Å². The molecule has 9 heteroatoms. The predicted molar refractivity (Wildman–Crippen MR) is 126 cm³/mol. The van der Waals surface area contributed by atoms with Crippen molar-refractivity contribution < 1.29 is 28.3 Å². The van der Waals surface area contributed by atoms with Crippen molar-refractivity contribution in [2.75, 3.05) is 17.3 Å². The second-order valence-electron chi connectivity index (χ2n) is 7.88. The van der Waals surface area contributed by atoms with Gasteiger partial charge in [-0.2, -0.15) is 0 Å². The molecular weight excluding hydrogens is 453 g/mol. The monoisotopic (exact) mass is 475 g/mol. The average molecular weight is 475 g/mol. The van der Waals surface area contributed by atoms with Crippen LogP contribution < -0.4 is 10.2 Å². The van der Waals surface area contributed by atoms with Crippen molar-refractivity contribution in [1.82, 2.24) is 4.90 Å². The molecule has 178 valence electrons. The van der Waals surface area contributed by atoms with Gasteiger partial charge in [-0.1, -0.05) is 30.3 Å². The van der Waals surface area contributed by atoms with E-state index in [9.17, 15) is 23.6 Å². The maximum absolute atomic E-state index is 13.3. The minimum Gasteiger partial charge on any atom is -0.465 e. The van der Waals surface area contributed by atoms with E-state index in [1.807, 2.05) is 0 Å². The zero-order valence-corrected chi connectivity index (χ0v) is 18.8.